The van der Waals surface area contributed by atoms with Crippen molar-refractivity contribution in [2.75, 3.05) is 5.32 Å². The summed E-state index contributed by atoms with van der Waals surface area (Å²) in [7, 11) is 0. The second kappa shape index (κ2) is 8.71. The van der Waals surface area contributed by atoms with Gasteiger partial charge in [0.2, 0.25) is 5.88 Å². The van der Waals surface area contributed by atoms with Crippen molar-refractivity contribution in [2.24, 2.45) is 10.2 Å². The van der Waals surface area contributed by atoms with E-state index in [0.29, 0.717) is 11.1 Å². The molecule has 1 heterocycles. The molecule has 0 saturated carbocycles. The molecule has 0 atom stereocenters. The fourth-order valence-corrected chi connectivity index (χ4v) is 3.19. The summed E-state index contributed by atoms with van der Waals surface area (Å²) in [5.41, 5.74) is 1.85. The summed E-state index contributed by atoms with van der Waals surface area (Å²) >= 11 is 0. The summed E-state index contributed by atoms with van der Waals surface area (Å²) in [6.45, 7) is 1.91. The van der Waals surface area contributed by atoms with E-state index >= 15 is 0 Å². The maximum atomic E-state index is 12.7. The third-order valence-electron chi connectivity index (χ3n) is 4.91. The Balaban J connectivity index is 1.61. The first-order valence-electron chi connectivity index (χ1n) is 9.75. The molecule has 4 aromatic rings. The molecular weight excluding hydrogens is 426 g/mol. The van der Waals surface area contributed by atoms with Gasteiger partial charge in [0.05, 0.1) is 21.7 Å². The van der Waals surface area contributed by atoms with Gasteiger partial charge >= 0.3 is 0 Å². The monoisotopic (exact) mass is 443 g/mol. The number of azo groups is 1. The van der Waals surface area contributed by atoms with Crippen LogP contribution in [-0.4, -0.2) is 26.8 Å². The Labute approximate surface area is 186 Å². The van der Waals surface area contributed by atoms with Crippen LogP contribution in [0.15, 0.2) is 77.0 Å². The number of aromatic amines is 1. The SMILES string of the molecule is Cc1ccc(C(=O)Nc2ccccc2C(=O)N=Nc2c(O)[nH]c3ccc([N+](=O)[O-])cc23)cc1. The molecule has 0 unspecified atom stereocenters. The number of aryl methyl sites for hydroxylation is 1. The number of rotatable bonds is 5. The highest BCUT2D eigenvalue weighted by atomic mass is 16.6. The highest BCUT2D eigenvalue weighted by Crippen LogP contribution is 2.37. The molecule has 0 radical (unpaired) electrons. The Morgan fingerprint density at radius 1 is 1.06 bits per heavy atom. The van der Waals surface area contributed by atoms with E-state index in [9.17, 15) is 24.8 Å². The van der Waals surface area contributed by atoms with Gasteiger partial charge in [0.25, 0.3) is 17.5 Å². The number of aromatic hydroxyl groups is 1. The van der Waals surface area contributed by atoms with Crippen LogP contribution in [0.2, 0.25) is 0 Å². The number of hydrogen-bond acceptors (Lipinski definition) is 6. The number of nitrogens with zero attached hydrogens (tertiary/aromatic N) is 3. The number of carbonyl (C=O) groups is 2. The largest absolute Gasteiger partial charge is 0.493 e. The molecular formula is C23H17N5O5. The molecule has 1 aromatic heterocycles. The zero-order valence-electron chi connectivity index (χ0n) is 17.3. The maximum Gasteiger partial charge on any atom is 0.297 e. The summed E-state index contributed by atoms with van der Waals surface area (Å²) in [6.07, 6.45) is 0. The minimum absolute atomic E-state index is 0.0898. The van der Waals surface area contributed by atoms with Crippen LogP contribution >= 0.6 is 0 Å². The first-order valence-corrected chi connectivity index (χ1v) is 9.75. The summed E-state index contributed by atoms with van der Waals surface area (Å²) in [4.78, 5) is 38.4. The normalized spacial score (nSPS) is 11.1. The van der Waals surface area contributed by atoms with E-state index < -0.39 is 16.7 Å². The molecule has 0 aliphatic heterocycles. The first-order chi connectivity index (χ1) is 15.8. The lowest BCUT2D eigenvalue weighted by atomic mass is 10.1. The Morgan fingerprint density at radius 2 is 1.79 bits per heavy atom. The molecule has 10 nitrogen and oxygen atoms in total. The average Bonchev–Trinajstić information content (AvgIpc) is 3.12. The number of nitro groups is 1. The number of H-pyrrole nitrogens is 1. The predicted molar refractivity (Wildman–Crippen MR) is 121 cm³/mol. The van der Waals surface area contributed by atoms with E-state index in [1.807, 2.05) is 6.92 Å². The summed E-state index contributed by atoms with van der Waals surface area (Å²) < 4.78 is 0. The van der Waals surface area contributed by atoms with Crippen molar-refractivity contribution in [2.45, 2.75) is 6.92 Å². The minimum atomic E-state index is -0.769. The van der Waals surface area contributed by atoms with Crippen molar-refractivity contribution in [1.29, 1.82) is 0 Å². The van der Waals surface area contributed by atoms with Gasteiger partial charge in [-0.3, -0.25) is 19.7 Å². The Hall–Kier alpha value is -4.86. The number of para-hydroxylation sites is 1. The minimum Gasteiger partial charge on any atom is -0.493 e. The summed E-state index contributed by atoms with van der Waals surface area (Å²) in [5.74, 6) is -1.55. The van der Waals surface area contributed by atoms with Gasteiger partial charge in [-0.2, -0.15) is 0 Å². The molecule has 0 bridgehead atoms. The lowest BCUT2D eigenvalue weighted by Crippen LogP contribution is -2.14. The Kier molecular flexibility index (Phi) is 5.64. The molecule has 0 spiro atoms. The molecule has 10 heteroatoms. The van der Waals surface area contributed by atoms with Gasteiger partial charge in [-0.25, -0.2) is 0 Å². The van der Waals surface area contributed by atoms with Gasteiger partial charge in [0.15, 0.2) is 5.69 Å². The number of carbonyl (C=O) groups excluding carboxylic acids is 2. The van der Waals surface area contributed by atoms with E-state index in [-0.39, 0.29) is 33.9 Å². The Bertz CT molecular complexity index is 1420. The molecule has 3 aromatic carbocycles. The molecule has 0 fully saturated rings. The van der Waals surface area contributed by atoms with E-state index in [0.717, 1.165) is 5.56 Å². The number of non-ortho nitro benzene ring substituents is 1. The zero-order valence-corrected chi connectivity index (χ0v) is 17.3. The van der Waals surface area contributed by atoms with E-state index in [1.165, 1.54) is 24.3 Å². The highest BCUT2D eigenvalue weighted by molar-refractivity contribution is 6.09. The topological polar surface area (TPSA) is 150 Å². The van der Waals surface area contributed by atoms with Gasteiger partial charge in [-0.15, -0.1) is 10.2 Å². The predicted octanol–water partition coefficient (Wildman–Crippen LogP) is 5.27. The summed E-state index contributed by atoms with van der Waals surface area (Å²) in [5, 5.41) is 31.6. The molecule has 33 heavy (non-hydrogen) atoms. The average molecular weight is 443 g/mol. The van der Waals surface area contributed by atoms with Crippen molar-refractivity contribution in [3.05, 3.63) is 93.5 Å². The van der Waals surface area contributed by atoms with E-state index in [1.54, 1.807) is 42.5 Å². The quantitative estimate of drug-likeness (QED) is 0.218. The van der Waals surface area contributed by atoms with Crippen LogP contribution in [-0.2, 0) is 0 Å². The summed E-state index contributed by atoms with van der Waals surface area (Å²) in [6, 6.07) is 17.2. The molecule has 2 amide bonds. The molecule has 0 aliphatic carbocycles. The molecule has 0 saturated heterocycles. The number of benzene rings is 3. The fourth-order valence-electron chi connectivity index (χ4n) is 3.19. The number of amides is 2. The van der Waals surface area contributed by atoms with Crippen LogP contribution in [0.5, 0.6) is 5.88 Å². The van der Waals surface area contributed by atoms with Crippen LogP contribution in [0.25, 0.3) is 10.9 Å². The highest BCUT2D eigenvalue weighted by Gasteiger charge is 2.17. The number of nitrogens with one attached hydrogen (secondary N) is 2. The van der Waals surface area contributed by atoms with Gasteiger partial charge in [0.1, 0.15) is 0 Å². The number of nitro benzene ring substituents is 1. The van der Waals surface area contributed by atoms with Crippen molar-refractivity contribution in [1.82, 2.24) is 4.98 Å². The smallest absolute Gasteiger partial charge is 0.297 e. The van der Waals surface area contributed by atoms with Crippen LogP contribution < -0.4 is 5.32 Å². The second-order valence-corrected chi connectivity index (χ2v) is 7.18. The van der Waals surface area contributed by atoms with Gasteiger partial charge in [-0.1, -0.05) is 29.8 Å². The fraction of sp³-hybridized carbons (Fsp3) is 0.0435. The third-order valence-corrected chi connectivity index (χ3v) is 4.91. The van der Waals surface area contributed by atoms with Crippen LogP contribution in [0.3, 0.4) is 0 Å². The lowest BCUT2D eigenvalue weighted by molar-refractivity contribution is -0.384. The zero-order chi connectivity index (χ0) is 23.5. The van der Waals surface area contributed by atoms with Crippen molar-refractivity contribution >= 4 is 39.8 Å². The molecule has 164 valence electrons. The first kappa shape index (κ1) is 21.4. The van der Waals surface area contributed by atoms with Gasteiger partial charge in [-0.05, 0) is 37.3 Å². The molecule has 3 N–H and O–H groups in total. The van der Waals surface area contributed by atoms with Crippen molar-refractivity contribution < 1.29 is 19.6 Å². The lowest BCUT2D eigenvalue weighted by Gasteiger charge is -2.08. The maximum absolute atomic E-state index is 12.7. The number of hydrogen-bond donors (Lipinski definition) is 3. The van der Waals surface area contributed by atoms with Crippen LogP contribution in [0, 0.1) is 17.0 Å². The number of anilines is 1. The van der Waals surface area contributed by atoms with Crippen LogP contribution in [0.4, 0.5) is 17.1 Å². The van der Waals surface area contributed by atoms with Crippen molar-refractivity contribution in [3.63, 3.8) is 0 Å². The van der Waals surface area contributed by atoms with Gasteiger partial charge in [0, 0.05) is 23.1 Å². The van der Waals surface area contributed by atoms with Crippen LogP contribution in [0.1, 0.15) is 26.3 Å². The third kappa shape index (κ3) is 4.44. The van der Waals surface area contributed by atoms with Crippen molar-refractivity contribution in [3.8, 4) is 5.88 Å². The standard InChI is InChI=1S/C23H17N5O5/c1-13-6-8-14(9-7-13)21(29)24-18-5-3-2-4-16(18)22(30)27-26-20-17-12-15(28(32)33)10-11-19(17)25-23(20)31/h2-12,25,31H,1H3,(H,24,29). The van der Waals surface area contributed by atoms with E-state index in [4.69, 9.17) is 0 Å². The second-order valence-electron chi connectivity index (χ2n) is 7.18. The van der Waals surface area contributed by atoms with Gasteiger partial charge < -0.3 is 15.4 Å². The Morgan fingerprint density at radius 3 is 2.52 bits per heavy atom. The number of aromatic nitrogens is 1. The number of fused-ring (bicyclic) bond motifs is 1. The molecule has 0 aliphatic rings. The molecule has 4 rings (SSSR count). The van der Waals surface area contributed by atoms with E-state index in [2.05, 4.69) is 20.5 Å².